The molecule has 1 fully saturated rings. The van der Waals surface area contributed by atoms with Gasteiger partial charge in [0.15, 0.2) is 5.44 Å². The monoisotopic (exact) mass is 334 g/mol. The van der Waals surface area contributed by atoms with E-state index < -0.39 is 23.7 Å². The summed E-state index contributed by atoms with van der Waals surface area (Å²) in [7, 11) is 0. The van der Waals surface area contributed by atoms with Gasteiger partial charge >= 0.3 is 0 Å². The number of pyridine rings is 2. The van der Waals surface area contributed by atoms with Crippen molar-refractivity contribution in [2.24, 2.45) is 0 Å². The molecule has 0 unspecified atom stereocenters. The van der Waals surface area contributed by atoms with Gasteiger partial charge in [-0.1, -0.05) is 0 Å². The van der Waals surface area contributed by atoms with Gasteiger partial charge in [-0.2, -0.15) is 0 Å². The maximum absolute atomic E-state index is 9.95. The normalized spacial score (nSPS) is 27.7. The van der Waals surface area contributed by atoms with Crippen molar-refractivity contribution >= 4 is 11.8 Å². The van der Waals surface area contributed by atoms with Crippen LogP contribution in [0.2, 0.25) is 0 Å². The molecule has 2 aromatic heterocycles. The Bertz CT molecular complexity index is 667. The number of aliphatic hydroxyl groups excluding tert-OH is 3. The average Bonchev–Trinajstić information content (AvgIpc) is 2.56. The lowest BCUT2D eigenvalue weighted by molar-refractivity contribution is -0.0786. The molecule has 0 amide bonds. The molecule has 3 rings (SSSR count). The molecule has 2 aromatic rings. The fraction of sp³-hybridized carbons (Fsp3) is 0.375. The molecule has 1 aliphatic heterocycles. The van der Waals surface area contributed by atoms with Gasteiger partial charge < -0.3 is 20.1 Å². The number of nitrogens with zero attached hydrogens (tertiary/aromatic N) is 2. The number of aliphatic hydroxyl groups is 3. The smallest absolute Gasteiger partial charge is 0.173 e. The summed E-state index contributed by atoms with van der Waals surface area (Å²) >= 11 is 1.26. The Kier molecular flexibility index (Phi) is 4.82. The van der Waals surface area contributed by atoms with Crippen molar-refractivity contribution < 1.29 is 20.1 Å². The van der Waals surface area contributed by atoms with E-state index in [4.69, 9.17) is 4.74 Å². The Labute approximate surface area is 138 Å². The summed E-state index contributed by atoms with van der Waals surface area (Å²) in [6.07, 6.45) is 0.0266. The molecule has 122 valence electrons. The van der Waals surface area contributed by atoms with Crippen LogP contribution in [0.25, 0.3) is 11.3 Å². The van der Waals surface area contributed by atoms with Crippen LogP contribution < -0.4 is 4.74 Å². The lowest BCUT2D eigenvalue weighted by Crippen LogP contribution is -2.50. The first kappa shape index (κ1) is 16.2. The molecule has 0 saturated carbocycles. The van der Waals surface area contributed by atoms with Crippen molar-refractivity contribution in [1.29, 1.82) is 0 Å². The Morgan fingerprint density at radius 3 is 2.65 bits per heavy atom. The predicted molar refractivity (Wildman–Crippen MR) is 87.1 cm³/mol. The highest BCUT2D eigenvalue weighted by Crippen LogP contribution is 2.29. The first-order chi connectivity index (χ1) is 11.0. The molecule has 6 nitrogen and oxygen atoms in total. The second kappa shape index (κ2) is 6.84. The highest BCUT2D eigenvalue weighted by atomic mass is 32.2. The van der Waals surface area contributed by atoms with Crippen LogP contribution in [0.15, 0.2) is 36.7 Å². The lowest BCUT2D eigenvalue weighted by atomic mass is 10.1. The van der Waals surface area contributed by atoms with E-state index in [1.807, 2.05) is 25.1 Å². The first-order valence-corrected chi connectivity index (χ1v) is 8.31. The van der Waals surface area contributed by atoms with E-state index in [2.05, 4.69) is 9.97 Å². The molecule has 0 aliphatic carbocycles. The number of thioether (sulfide) groups is 1. The van der Waals surface area contributed by atoms with Crippen LogP contribution in [0.4, 0.5) is 0 Å². The van der Waals surface area contributed by atoms with Crippen LogP contribution in [0, 0.1) is 6.92 Å². The predicted octanol–water partition coefficient (Wildman–Crippen LogP) is 0.986. The molecule has 3 heterocycles. The zero-order valence-corrected chi connectivity index (χ0v) is 13.3. The number of hydrogen-bond donors (Lipinski definition) is 3. The Morgan fingerprint density at radius 1 is 1.13 bits per heavy atom. The van der Waals surface area contributed by atoms with E-state index in [1.165, 1.54) is 11.8 Å². The van der Waals surface area contributed by atoms with Gasteiger partial charge in [0, 0.05) is 23.2 Å². The van der Waals surface area contributed by atoms with Crippen LogP contribution in [-0.4, -0.2) is 54.8 Å². The van der Waals surface area contributed by atoms with Crippen molar-refractivity contribution in [3.05, 3.63) is 42.4 Å². The molecule has 1 aliphatic rings. The first-order valence-electron chi connectivity index (χ1n) is 7.26. The van der Waals surface area contributed by atoms with E-state index >= 15 is 0 Å². The van der Waals surface area contributed by atoms with Gasteiger partial charge in [0.05, 0.1) is 18.0 Å². The third kappa shape index (κ3) is 3.64. The van der Waals surface area contributed by atoms with E-state index in [9.17, 15) is 15.3 Å². The number of rotatable bonds is 3. The number of ether oxygens (including phenoxy) is 1. The van der Waals surface area contributed by atoms with Crippen LogP contribution >= 0.6 is 11.8 Å². The van der Waals surface area contributed by atoms with Crippen LogP contribution in [0.5, 0.6) is 5.75 Å². The van der Waals surface area contributed by atoms with Gasteiger partial charge in [-0.15, -0.1) is 11.8 Å². The van der Waals surface area contributed by atoms with Gasteiger partial charge in [-0.3, -0.25) is 9.97 Å². The van der Waals surface area contributed by atoms with Crippen molar-refractivity contribution in [3.8, 4) is 17.0 Å². The topological polar surface area (TPSA) is 95.7 Å². The largest absolute Gasteiger partial charge is 0.475 e. The molecule has 0 bridgehead atoms. The molecule has 1 saturated heterocycles. The van der Waals surface area contributed by atoms with Crippen LogP contribution in [0.3, 0.4) is 0 Å². The molecular weight excluding hydrogens is 316 g/mol. The van der Waals surface area contributed by atoms with Gasteiger partial charge in [-0.05, 0) is 31.2 Å². The third-order valence-electron chi connectivity index (χ3n) is 3.64. The fourth-order valence-electron chi connectivity index (χ4n) is 2.34. The van der Waals surface area contributed by atoms with Gasteiger partial charge in [0.2, 0.25) is 0 Å². The maximum Gasteiger partial charge on any atom is 0.173 e. The van der Waals surface area contributed by atoms with Gasteiger partial charge in [0.25, 0.3) is 0 Å². The summed E-state index contributed by atoms with van der Waals surface area (Å²) in [6.45, 7) is 1.92. The molecular formula is C16H18N2O4S. The number of aryl methyl sites for hydroxylation is 1. The second-order valence-corrected chi connectivity index (χ2v) is 6.56. The molecule has 3 N–H and O–H groups in total. The average molecular weight is 334 g/mol. The summed E-state index contributed by atoms with van der Waals surface area (Å²) in [5, 5.41) is 29.2. The minimum absolute atomic E-state index is 0.310. The van der Waals surface area contributed by atoms with Crippen molar-refractivity contribution in [2.45, 2.75) is 30.7 Å². The SMILES string of the molecule is Cc1cc(-c2ccc(O[C@H]3SC[C@@H](O)[C@H](O)[C@H]3O)cn2)ccn1. The van der Waals surface area contributed by atoms with E-state index in [1.54, 1.807) is 18.5 Å². The molecule has 4 atom stereocenters. The quantitative estimate of drug-likeness (QED) is 0.770. The van der Waals surface area contributed by atoms with Crippen LogP contribution in [-0.2, 0) is 0 Å². The Hall–Kier alpha value is -1.67. The van der Waals surface area contributed by atoms with Crippen molar-refractivity contribution in [2.75, 3.05) is 5.75 Å². The summed E-state index contributed by atoms with van der Waals surface area (Å²) < 4.78 is 5.67. The standard InChI is InChI=1S/C16H18N2O4S/c1-9-6-10(4-5-17-9)12-3-2-11(7-18-12)22-16-15(21)14(20)13(19)8-23-16/h2-7,13-16,19-21H,8H2,1H3/t13-,14+,15-,16+/m1/s1. The van der Waals surface area contributed by atoms with E-state index in [0.717, 1.165) is 17.0 Å². The summed E-state index contributed by atoms with van der Waals surface area (Å²) in [4.78, 5) is 8.51. The minimum atomic E-state index is -1.20. The van der Waals surface area contributed by atoms with Crippen molar-refractivity contribution in [3.63, 3.8) is 0 Å². The van der Waals surface area contributed by atoms with Gasteiger partial charge in [0.1, 0.15) is 18.0 Å². The highest BCUT2D eigenvalue weighted by Gasteiger charge is 2.38. The Balaban J connectivity index is 1.70. The summed E-state index contributed by atoms with van der Waals surface area (Å²) in [5.41, 5.74) is 2.05. The second-order valence-electron chi connectivity index (χ2n) is 5.43. The summed E-state index contributed by atoms with van der Waals surface area (Å²) in [6, 6.07) is 7.42. The third-order valence-corrected chi connectivity index (χ3v) is 4.87. The number of hydrogen-bond acceptors (Lipinski definition) is 7. The zero-order valence-electron chi connectivity index (χ0n) is 12.5. The van der Waals surface area contributed by atoms with E-state index in [0.29, 0.717) is 11.5 Å². The highest BCUT2D eigenvalue weighted by molar-refractivity contribution is 7.99. The van der Waals surface area contributed by atoms with E-state index in [-0.39, 0.29) is 0 Å². The fourth-order valence-corrected chi connectivity index (χ4v) is 3.46. The maximum atomic E-state index is 9.95. The molecule has 0 spiro atoms. The summed E-state index contributed by atoms with van der Waals surface area (Å²) in [5.74, 6) is 0.810. The molecule has 0 radical (unpaired) electrons. The number of aromatic nitrogens is 2. The Morgan fingerprint density at radius 2 is 1.96 bits per heavy atom. The molecule has 7 heteroatoms. The minimum Gasteiger partial charge on any atom is -0.475 e. The lowest BCUT2D eigenvalue weighted by Gasteiger charge is -2.34. The van der Waals surface area contributed by atoms with Crippen molar-refractivity contribution in [1.82, 2.24) is 9.97 Å². The van der Waals surface area contributed by atoms with Gasteiger partial charge in [-0.25, -0.2) is 0 Å². The molecule has 0 aromatic carbocycles. The molecule has 23 heavy (non-hydrogen) atoms. The van der Waals surface area contributed by atoms with Crippen LogP contribution in [0.1, 0.15) is 5.69 Å². The zero-order chi connectivity index (χ0) is 16.4.